The molecule has 0 amide bonds. The van der Waals surface area contributed by atoms with E-state index in [1.54, 1.807) is 0 Å². The molecule has 0 aliphatic carbocycles. The first-order valence-electron chi connectivity index (χ1n) is 13.2. The number of unbranched alkanes of at least 4 members (excludes halogenated alkanes) is 4. The van der Waals surface area contributed by atoms with Crippen molar-refractivity contribution >= 4 is 11.9 Å². The number of benzene rings is 3. The summed E-state index contributed by atoms with van der Waals surface area (Å²) < 4.78 is 14.2. The molecule has 0 fully saturated rings. The summed E-state index contributed by atoms with van der Waals surface area (Å²) in [5.74, 6) is 0. The second kappa shape index (κ2) is 15.0. The predicted molar refractivity (Wildman–Crippen MR) is 149 cm³/mol. The molecule has 0 aliphatic rings. The topological polar surface area (TPSA) is 24.7 Å². The molecule has 3 aromatic carbocycles. The average molecular weight is 471 g/mol. The summed E-state index contributed by atoms with van der Waals surface area (Å²) in [4.78, 5) is 0. The Balaban J connectivity index is 1.79. The summed E-state index contributed by atoms with van der Waals surface area (Å²) in [6, 6.07) is 26.7. The van der Waals surface area contributed by atoms with Crippen LogP contribution in [0.15, 0.2) is 89.1 Å². The van der Waals surface area contributed by atoms with Crippen molar-refractivity contribution in [3.05, 3.63) is 107 Å². The highest BCUT2D eigenvalue weighted by Gasteiger charge is 2.10. The normalized spacial score (nSPS) is 12.8. The first kappa shape index (κ1) is 26.5. The standard InChI is InChI=1S/C32H39FN2/c1-3-5-7-9-14-27-15-12-13-18-30(27)25-34-35-32(28-16-10-8-11-17-28)29-22-20-26(21-23-29)24-31(33)19-6-4-2/h8,10-13,15-18,20-23,25,31H,3-7,9,14,19,24H2,1-2H3. The second-order valence-corrected chi connectivity index (χ2v) is 9.21. The van der Waals surface area contributed by atoms with Crippen LogP contribution >= 0.6 is 0 Å². The Morgan fingerprint density at radius 2 is 1.46 bits per heavy atom. The lowest BCUT2D eigenvalue weighted by atomic mass is 9.99. The number of halogens is 1. The van der Waals surface area contributed by atoms with Gasteiger partial charge in [0.25, 0.3) is 0 Å². The molecule has 3 aromatic rings. The third-order valence-corrected chi connectivity index (χ3v) is 6.31. The van der Waals surface area contributed by atoms with Crippen molar-refractivity contribution in [2.24, 2.45) is 10.2 Å². The van der Waals surface area contributed by atoms with Crippen LogP contribution in [0.1, 0.15) is 86.6 Å². The van der Waals surface area contributed by atoms with Gasteiger partial charge in [-0.2, -0.15) is 5.10 Å². The summed E-state index contributed by atoms with van der Waals surface area (Å²) >= 11 is 0. The summed E-state index contributed by atoms with van der Waals surface area (Å²) in [6.45, 7) is 4.34. The van der Waals surface area contributed by atoms with Gasteiger partial charge in [-0.3, -0.25) is 0 Å². The molecule has 0 aliphatic heterocycles. The number of hydrogen-bond donors (Lipinski definition) is 0. The molecule has 0 spiro atoms. The molecule has 1 atom stereocenters. The van der Waals surface area contributed by atoms with E-state index in [0.29, 0.717) is 12.8 Å². The summed E-state index contributed by atoms with van der Waals surface area (Å²) in [6.07, 6.45) is 10.2. The highest BCUT2D eigenvalue weighted by atomic mass is 19.1. The van der Waals surface area contributed by atoms with Crippen LogP contribution in [0.25, 0.3) is 0 Å². The van der Waals surface area contributed by atoms with Gasteiger partial charge in [0.1, 0.15) is 11.9 Å². The molecule has 0 radical (unpaired) electrons. The van der Waals surface area contributed by atoms with Crippen molar-refractivity contribution < 1.29 is 4.39 Å². The Bertz CT molecular complexity index is 1050. The Morgan fingerprint density at radius 1 is 0.771 bits per heavy atom. The SMILES string of the molecule is CCCCCCc1ccccc1C=NN=C(c1ccccc1)c1ccc(CC(F)CCCC)cc1. The van der Waals surface area contributed by atoms with Crippen LogP contribution in [0.3, 0.4) is 0 Å². The largest absolute Gasteiger partial charge is 0.247 e. The second-order valence-electron chi connectivity index (χ2n) is 9.21. The first-order chi connectivity index (χ1) is 17.2. The summed E-state index contributed by atoms with van der Waals surface area (Å²) in [5.41, 5.74) is 6.26. The van der Waals surface area contributed by atoms with E-state index in [2.05, 4.69) is 48.3 Å². The number of alkyl halides is 1. The fourth-order valence-corrected chi connectivity index (χ4v) is 4.24. The van der Waals surface area contributed by atoms with Crippen molar-refractivity contribution in [1.29, 1.82) is 0 Å². The van der Waals surface area contributed by atoms with Crippen molar-refractivity contribution in [3.63, 3.8) is 0 Å². The van der Waals surface area contributed by atoms with Gasteiger partial charge in [-0.15, -0.1) is 5.10 Å². The zero-order valence-corrected chi connectivity index (χ0v) is 21.3. The van der Waals surface area contributed by atoms with Crippen LogP contribution < -0.4 is 0 Å². The third-order valence-electron chi connectivity index (χ3n) is 6.31. The fraction of sp³-hybridized carbons (Fsp3) is 0.375. The average Bonchev–Trinajstić information content (AvgIpc) is 2.90. The quantitative estimate of drug-likeness (QED) is 0.128. The molecule has 1 unspecified atom stereocenters. The summed E-state index contributed by atoms with van der Waals surface area (Å²) in [5, 5.41) is 9.16. The van der Waals surface area contributed by atoms with E-state index in [-0.39, 0.29) is 0 Å². The molecule has 0 bridgehead atoms. The van der Waals surface area contributed by atoms with Gasteiger partial charge in [-0.05, 0) is 36.0 Å². The van der Waals surface area contributed by atoms with Gasteiger partial charge < -0.3 is 0 Å². The molecule has 3 rings (SSSR count). The van der Waals surface area contributed by atoms with Crippen molar-refractivity contribution in [2.45, 2.75) is 77.8 Å². The van der Waals surface area contributed by atoms with E-state index in [1.165, 1.54) is 31.2 Å². The minimum atomic E-state index is -0.783. The Morgan fingerprint density at radius 3 is 2.20 bits per heavy atom. The van der Waals surface area contributed by atoms with Gasteiger partial charge in [0.2, 0.25) is 0 Å². The van der Waals surface area contributed by atoms with Crippen LogP contribution in [-0.4, -0.2) is 18.1 Å². The van der Waals surface area contributed by atoms with Gasteiger partial charge in [-0.1, -0.05) is 125 Å². The van der Waals surface area contributed by atoms with Gasteiger partial charge >= 0.3 is 0 Å². The lowest BCUT2D eigenvalue weighted by Crippen LogP contribution is -2.06. The first-order valence-corrected chi connectivity index (χ1v) is 13.2. The van der Waals surface area contributed by atoms with Crippen LogP contribution in [0.4, 0.5) is 4.39 Å². The molecule has 0 saturated heterocycles. The van der Waals surface area contributed by atoms with Crippen molar-refractivity contribution in [3.8, 4) is 0 Å². The number of rotatable bonds is 14. The van der Waals surface area contributed by atoms with Gasteiger partial charge in [0, 0.05) is 17.5 Å². The molecule has 2 nitrogen and oxygen atoms in total. The van der Waals surface area contributed by atoms with Crippen LogP contribution in [0.5, 0.6) is 0 Å². The Kier molecular flexibility index (Phi) is 11.4. The fourth-order valence-electron chi connectivity index (χ4n) is 4.24. The zero-order chi connectivity index (χ0) is 24.7. The van der Waals surface area contributed by atoms with E-state index in [4.69, 9.17) is 0 Å². The van der Waals surface area contributed by atoms with Gasteiger partial charge in [-0.25, -0.2) is 4.39 Å². The van der Waals surface area contributed by atoms with Crippen molar-refractivity contribution in [2.75, 3.05) is 0 Å². The molecule has 0 aromatic heterocycles. The highest BCUT2D eigenvalue weighted by Crippen LogP contribution is 2.17. The van der Waals surface area contributed by atoms with Gasteiger partial charge in [0.15, 0.2) is 0 Å². The molecule has 3 heteroatoms. The molecular formula is C32H39FN2. The number of aryl methyl sites for hydroxylation is 1. The third kappa shape index (κ3) is 8.90. The Labute approximate surface area is 211 Å². The van der Waals surface area contributed by atoms with Crippen LogP contribution in [0.2, 0.25) is 0 Å². The van der Waals surface area contributed by atoms with Gasteiger partial charge in [0.05, 0.1) is 6.21 Å². The molecule has 0 saturated carbocycles. The minimum Gasteiger partial charge on any atom is -0.247 e. The highest BCUT2D eigenvalue weighted by molar-refractivity contribution is 6.13. The van der Waals surface area contributed by atoms with E-state index in [0.717, 1.165) is 47.2 Å². The Hall–Kier alpha value is -3.07. The molecule has 0 heterocycles. The molecular weight excluding hydrogens is 431 g/mol. The lowest BCUT2D eigenvalue weighted by Gasteiger charge is -2.10. The van der Waals surface area contributed by atoms with Crippen LogP contribution in [0, 0.1) is 0 Å². The molecule has 35 heavy (non-hydrogen) atoms. The monoisotopic (exact) mass is 470 g/mol. The van der Waals surface area contributed by atoms with Crippen molar-refractivity contribution in [1.82, 2.24) is 0 Å². The lowest BCUT2D eigenvalue weighted by molar-refractivity contribution is 0.305. The maximum Gasteiger partial charge on any atom is 0.104 e. The number of hydrogen-bond acceptors (Lipinski definition) is 2. The molecule has 0 N–H and O–H groups in total. The van der Waals surface area contributed by atoms with E-state index in [9.17, 15) is 4.39 Å². The molecule has 184 valence electrons. The maximum absolute atomic E-state index is 14.2. The smallest absolute Gasteiger partial charge is 0.104 e. The number of nitrogens with zero attached hydrogens (tertiary/aromatic N) is 2. The minimum absolute atomic E-state index is 0.464. The zero-order valence-electron chi connectivity index (χ0n) is 21.3. The predicted octanol–water partition coefficient (Wildman–Crippen LogP) is 8.75. The van der Waals surface area contributed by atoms with E-state index < -0.39 is 6.17 Å². The maximum atomic E-state index is 14.2. The summed E-state index contributed by atoms with van der Waals surface area (Å²) in [7, 11) is 0. The van der Waals surface area contributed by atoms with Crippen LogP contribution in [-0.2, 0) is 12.8 Å². The van der Waals surface area contributed by atoms with E-state index >= 15 is 0 Å². The van der Waals surface area contributed by atoms with E-state index in [1.807, 2.05) is 60.8 Å².